The predicted molar refractivity (Wildman–Crippen MR) is 79.5 cm³/mol. The van der Waals surface area contributed by atoms with Crippen LogP contribution in [-0.2, 0) is 9.53 Å². The summed E-state index contributed by atoms with van der Waals surface area (Å²) in [7, 11) is 1.56. The molecule has 0 saturated carbocycles. The van der Waals surface area contributed by atoms with Gasteiger partial charge in [0.25, 0.3) is 0 Å². The molecule has 110 valence electrons. The lowest BCUT2D eigenvalue weighted by Crippen LogP contribution is -2.23. The molecule has 1 aliphatic rings. The van der Waals surface area contributed by atoms with Gasteiger partial charge in [0, 0.05) is 30.7 Å². The second-order valence-electron chi connectivity index (χ2n) is 5.14. The van der Waals surface area contributed by atoms with Gasteiger partial charge in [-0.1, -0.05) is 11.6 Å². The molecule has 1 atom stereocenters. The van der Waals surface area contributed by atoms with E-state index in [1.807, 2.05) is 13.0 Å². The van der Waals surface area contributed by atoms with Crippen molar-refractivity contribution in [1.82, 2.24) is 0 Å². The minimum atomic E-state index is -0.0134. The third-order valence-electron chi connectivity index (χ3n) is 3.48. The van der Waals surface area contributed by atoms with Gasteiger partial charge >= 0.3 is 0 Å². The maximum absolute atomic E-state index is 12.1. The van der Waals surface area contributed by atoms with Crippen molar-refractivity contribution in [1.29, 1.82) is 0 Å². The summed E-state index contributed by atoms with van der Waals surface area (Å²) in [5.74, 6) is 0.873. The topological polar surface area (TPSA) is 47.6 Å². The number of anilines is 1. The second-order valence-corrected chi connectivity index (χ2v) is 5.54. The van der Waals surface area contributed by atoms with Crippen LogP contribution in [0.5, 0.6) is 5.75 Å². The number of nitrogens with one attached hydrogen (secondary N) is 1. The quantitative estimate of drug-likeness (QED) is 0.926. The first kappa shape index (κ1) is 15.1. The summed E-state index contributed by atoms with van der Waals surface area (Å²) in [5, 5.41) is 3.52. The number of aryl methyl sites for hydroxylation is 1. The van der Waals surface area contributed by atoms with Gasteiger partial charge in [0.1, 0.15) is 5.75 Å². The van der Waals surface area contributed by atoms with E-state index in [0.29, 0.717) is 35.4 Å². The first-order valence-electron chi connectivity index (χ1n) is 6.82. The second kappa shape index (κ2) is 6.95. The van der Waals surface area contributed by atoms with E-state index < -0.39 is 0 Å². The summed E-state index contributed by atoms with van der Waals surface area (Å²) in [5.41, 5.74) is 1.57. The van der Waals surface area contributed by atoms with Crippen LogP contribution in [0.3, 0.4) is 0 Å². The van der Waals surface area contributed by atoms with Gasteiger partial charge in [0.05, 0.1) is 12.8 Å². The van der Waals surface area contributed by atoms with Crippen molar-refractivity contribution in [3.8, 4) is 5.75 Å². The highest BCUT2D eigenvalue weighted by atomic mass is 35.5. The Bertz CT molecular complexity index is 484. The zero-order valence-electron chi connectivity index (χ0n) is 11.9. The lowest BCUT2D eigenvalue weighted by molar-refractivity contribution is -0.118. The number of halogens is 1. The van der Waals surface area contributed by atoms with Crippen molar-refractivity contribution in [2.24, 2.45) is 5.92 Å². The third-order valence-corrected chi connectivity index (χ3v) is 3.89. The van der Waals surface area contributed by atoms with Crippen molar-refractivity contribution >= 4 is 23.2 Å². The van der Waals surface area contributed by atoms with Gasteiger partial charge in [0.2, 0.25) is 5.91 Å². The molecule has 0 aromatic heterocycles. The fourth-order valence-electron chi connectivity index (χ4n) is 2.36. The number of hydrogen-bond donors (Lipinski definition) is 1. The fourth-order valence-corrected chi connectivity index (χ4v) is 2.52. The third kappa shape index (κ3) is 3.87. The van der Waals surface area contributed by atoms with Crippen molar-refractivity contribution in [2.75, 3.05) is 25.6 Å². The molecule has 5 heteroatoms. The van der Waals surface area contributed by atoms with Gasteiger partial charge < -0.3 is 14.8 Å². The number of benzene rings is 1. The Hall–Kier alpha value is -1.26. The lowest BCUT2D eigenvalue weighted by atomic mass is 9.98. The molecule has 1 aliphatic heterocycles. The first-order valence-corrected chi connectivity index (χ1v) is 7.19. The number of amides is 1. The first-order chi connectivity index (χ1) is 9.60. The van der Waals surface area contributed by atoms with Crippen molar-refractivity contribution in [3.63, 3.8) is 0 Å². The molecule has 1 saturated heterocycles. The van der Waals surface area contributed by atoms with Crippen LogP contribution in [0.1, 0.15) is 24.8 Å². The Balaban J connectivity index is 2.01. The standard InChI is InChI=1S/C15H20ClNO3/c1-10-6-13(14(19-2)8-12(10)16)17-15(18)7-11-4-3-5-20-9-11/h6,8,11H,3-5,7,9H2,1-2H3,(H,17,18). The van der Waals surface area contributed by atoms with Crippen LogP contribution in [0.2, 0.25) is 5.02 Å². The van der Waals surface area contributed by atoms with Crippen LogP contribution >= 0.6 is 11.6 Å². The van der Waals surface area contributed by atoms with Gasteiger partial charge in [-0.15, -0.1) is 0 Å². The number of methoxy groups -OCH3 is 1. The Labute approximate surface area is 124 Å². The summed E-state index contributed by atoms with van der Waals surface area (Å²) in [6.07, 6.45) is 2.55. The van der Waals surface area contributed by atoms with E-state index in [1.54, 1.807) is 13.2 Å². The molecule has 1 N–H and O–H groups in total. The number of hydrogen-bond acceptors (Lipinski definition) is 3. The SMILES string of the molecule is COc1cc(Cl)c(C)cc1NC(=O)CC1CCCOC1. The highest BCUT2D eigenvalue weighted by Crippen LogP contribution is 2.31. The zero-order valence-corrected chi connectivity index (χ0v) is 12.6. The average molecular weight is 298 g/mol. The maximum Gasteiger partial charge on any atom is 0.224 e. The maximum atomic E-state index is 12.1. The van der Waals surface area contributed by atoms with E-state index in [1.165, 1.54) is 0 Å². The summed E-state index contributed by atoms with van der Waals surface area (Å²) >= 11 is 6.05. The minimum absolute atomic E-state index is 0.0134. The Kier molecular flexibility index (Phi) is 5.26. The Morgan fingerprint density at radius 2 is 2.35 bits per heavy atom. The van der Waals surface area contributed by atoms with E-state index in [0.717, 1.165) is 25.0 Å². The normalized spacial score (nSPS) is 18.6. The van der Waals surface area contributed by atoms with Crippen molar-refractivity contribution < 1.29 is 14.3 Å². The van der Waals surface area contributed by atoms with Crippen LogP contribution < -0.4 is 10.1 Å². The van der Waals surface area contributed by atoms with Gasteiger partial charge in [-0.3, -0.25) is 4.79 Å². The van der Waals surface area contributed by atoms with Crippen LogP contribution in [0.15, 0.2) is 12.1 Å². The largest absolute Gasteiger partial charge is 0.495 e. The van der Waals surface area contributed by atoms with Crippen molar-refractivity contribution in [2.45, 2.75) is 26.2 Å². The molecule has 4 nitrogen and oxygen atoms in total. The Morgan fingerprint density at radius 3 is 3.00 bits per heavy atom. The molecular weight excluding hydrogens is 278 g/mol. The predicted octanol–water partition coefficient (Wildman–Crippen LogP) is 3.41. The fraction of sp³-hybridized carbons (Fsp3) is 0.533. The molecular formula is C15H20ClNO3. The molecule has 1 heterocycles. The summed E-state index contributed by atoms with van der Waals surface area (Å²) in [6.45, 7) is 3.37. The monoisotopic (exact) mass is 297 g/mol. The Morgan fingerprint density at radius 1 is 1.55 bits per heavy atom. The lowest BCUT2D eigenvalue weighted by Gasteiger charge is -2.21. The molecule has 1 unspecified atom stereocenters. The summed E-state index contributed by atoms with van der Waals surface area (Å²) in [4.78, 5) is 12.1. The molecule has 1 fully saturated rings. The van der Waals surface area contributed by atoms with Crippen molar-refractivity contribution in [3.05, 3.63) is 22.7 Å². The minimum Gasteiger partial charge on any atom is -0.495 e. The number of carbonyl (C=O) groups is 1. The number of ether oxygens (including phenoxy) is 2. The van der Waals surface area contributed by atoms with E-state index in [4.69, 9.17) is 21.1 Å². The molecule has 20 heavy (non-hydrogen) atoms. The van der Waals surface area contributed by atoms with Gasteiger partial charge in [-0.05, 0) is 37.3 Å². The van der Waals surface area contributed by atoms with Crippen LogP contribution in [0, 0.1) is 12.8 Å². The molecule has 1 aromatic rings. The van der Waals surface area contributed by atoms with E-state index in [2.05, 4.69) is 5.32 Å². The molecule has 2 rings (SSSR count). The molecule has 0 radical (unpaired) electrons. The van der Waals surface area contributed by atoms with Gasteiger partial charge in [-0.25, -0.2) is 0 Å². The van der Waals surface area contributed by atoms with Crippen LogP contribution in [0.25, 0.3) is 0 Å². The zero-order chi connectivity index (χ0) is 14.5. The molecule has 0 spiro atoms. The smallest absolute Gasteiger partial charge is 0.224 e. The number of carbonyl (C=O) groups excluding carboxylic acids is 1. The van der Waals surface area contributed by atoms with Gasteiger partial charge in [0.15, 0.2) is 0 Å². The number of rotatable bonds is 4. The molecule has 1 aromatic carbocycles. The highest BCUT2D eigenvalue weighted by molar-refractivity contribution is 6.31. The van der Waals surface area contributed by atoms with E-state index in [-0.39, 0.29) is 5.91 Å². The summed E-state index contributed by atoms with van der Waals surface area (Å²) in [6, 6.07) is 3.55. The average Bonchev–Trinajstić information content (AvgIpc) is 2.43. The van der Waals surface area contributed by atoms with Gasteiger partial charge in [-0.2, -0.15) is 0 Å². The summed E-state index contributed by atoms with van der Waals surface area (Å²) < 4.78 is 10.6. The molecule has 1 amide bonds. The highest BCUT2D eigenvalue weighted by Gasteiger charge is 2.18. The molecule has 0 bridgehead atoms. The van der Waals surface area contributed by atoms with Crippen LogP contribution in [-0.4, -0.2) is 26.2 Å². The van der Waals surface area contributed by atoms with Crippen LogP contribution in [0.4, 0.5) is 5.69 Å². The van der Waals surface area contributed by atoms with E-state index in [9.17, 15) is 4.79 Å². The van der Waals surface area contributed by atoms with E-state index >= 15 is 0 Å². The molecule has 0 aliphatic carbocycles.